The Labute approximate surface area is 181 Å². The normalized spacial score (nSPS) is 22.0. The van der Waals surface area contributed by atoms with Crippen molar-refractivity contribution in [3.63, 3.8) is 0 Å². The Morgan fingerprint density at radius 1 is 1.17 bits per heavy atom. The zero-order valence-corrected chi connectivity index (χ0v) is 17.4. The van der Waals surface area contributed by atoms with Gasteiger partial charge in [0.1, 0.15) is 0 Å². The van der Waals surface area contributed by atoms with Crippen LogP contribution in [-0.2, 0) is 6.42 Å². The summed E-state index contributed by atoms with van der Waals surface area (Å²) < 4.78 is 0. The van der Waals surface area contributed by atoms with Gasteiger partial charge in [-0.15, -0.1) is 6.58 Å². The second-order valence-electron chi connectivity index (χ2n) is 8.36. The zero-order chi connectivity index (χ0) is 20.8. The topological polar surface area (TPSA) is 64.0 Å². The number of nitrogens with zero attached hydrogens (tertiary/aromatic N) is 2. The van der Waals surface area contributed by atoms with Crippen LogP contribution < -0.4 is 5.06 Å². The summed E-state index contributed by atoms with van der Waals surface area (Å²) >= 11 is 0. The predicted octanol–water partition coefficient (Wildman–Crippen LogP) is 5.89. The molecule has 1 saturated heterocycles. The molecule has 5 heteroatoms. The Hall–Kier alpha value is -2.27. The van der Waals surface area contributed by atoms with E-state index in [9.17, 15) is 10.0 Å². The highest BCUT2D eigenvalue weighted by atomic mass is 16.5. The maximum Gasteiger partial charge on any atom is 0.254 e. The fraction of sp³-hybridized carbons (Fsp3) is 0.560. The monoisotopic (exact) mass is 414 g/mol. The number of hydroxylamine groups is 1. The van der Waals surface area contributed by atoms with Crippen molar-refractivity contribution in [3.8, 4) is 0 Å². The number of hydrogen-bond acceptors (Lipinski definition) is 4. The molecule has 0 spiro atoms. The summed E-state index contributed by atoms with van der Waals surface area (Å²) in [5, 5.41) is 19.5. The van der Waals surface area contributed by atoms with Gasteiger partial charge in [0.05, 0.1) is 11.4 Å². The van der Waals surface area contributed by atoms with Crippen molar-refractivity contribution in [2.24, 2.45) is 5.92 Å². The Morgan fingerprint density at radius 3 is 2.60 bits per heavy atom. The van der Waals surface area contributed by atoms with Crippen LogP contribution in [0.25, 0.3) is 0 Å². The molecule has 2 N–H and O–H groups in total. The fourth-order valence-electron chi connectivity index (χ4n) is 4.83. The average Bonchev–Trinajstić information content (AvgIpc) is 3.12. The van der Waals surface area contributed by atoms with Crippen LogP contribution in [0.2, 0.25) is 0 Å². The van der Waals surface area contributed by atoms with E-state index in [-0.39, 0.29) is 19.1 Å². The van der Waals surface area contributed by atoms with E-state index in [0.717, 1.165) is 42.6 Å². The molecule has 1 aromatic carbocycles. The number of aliphatic hydroxyl groups is 1. The van der Waals surface area contributed by atoms with Gasteiger partial charge in [0.25, 0.3) is 5.91 Å². The van der Waals surface area contributed by atoms with Crippen LogP contribution in [0.3, 0.4) is 0 Å². The summed E-state index contributed by atoms with van der Waals surface area (Å²) in [4.78, 5) is 15.1. The Bertz CT molecular complexity index is 744. The Balaban J connectivity index is 0.000000350. The second-order valence-corrected chi connectivity index (χ2v) is 8.36. The third-order valence-electron chi connectivity index (χ3n) is 6.34. The van der Waals surface area contributed by atoms with E-state index in [4.69, 9.17) is 5.11 Å². The lowest BCUT2D eigenvalue weighted by Crippen LogP contribution is -2.49. The largest absolute Gasteiger partial charge is 0.513 e. The van der Waals surface area contributed by atoms with Gasteiger partial charge in [0.15, 0.2) is 0 Å². The van der Waals surface area contributed by atoms with Crippen molar-refractivity contribution in [1.29, 1.82) is 0 Å². The molecule has 4 rings (SSSR count). The molecule has 2 aliphatic heterocycles. The first-order valence-corrected chi connectivity index (χ1v) is 10.9. The second kappa shape index (κ2) is 11.2. The number of fused-ring (bicyclic) bond motifs is 2. The van der Waals surface area contributed by atoms with Gasteiger partial charge in [-0.25, -0.2) is 0 Å². The van der Waals surface area contributed by atoms with E-state index in [1.165, 1.54) is 37.2 Å². The molecule has 0 aromatic heterocycles. The van der Waals surface area contributed by atoms with Crippen molar-refractivity contribution in [2.75, 3.05) is 18.2 Å². The van der Waals surface area contributed by atoms with E-state index in [1.807, 2.05) is 18.2 Å². The first-order valence-electron chi connectivity index (χ1n) is 10.9. The number of piperidine rings is 1. The number of carbonyl (C=O) groups is 1. The molecule has 1 saturated carbocycles. The number of amides is 1. The molecule has 30 heavy (non-hydrogen) atoms. The standard InChI is InChI=1S/C18H24N2O2.C6H10O.CH4/c21-18(15-7-8-17-14(12-15)9-11-20(17)22)19-10-3-5-13-4-1-2-6-16(13)19;1-3-4-5-6(2)7;/h7-8,12-13,16,22H,1-6,9-11H2;3,7H,1-2,4-5H2;1H4/t13?,16-;;/m1../s1. The highest BCUT2D eigenvalue weighted by molar-refractivity contribution is 5.95. The number of anilines is 1. The minimum atomic E-state index is 0. The molecule has 0 bridgehead atoms. The van der Waals surface area contributed by atoms with E-state index >= 15 is 0 Å². The van der Waals surface area contributed by atoms with Gasteiger partial charge in [-0.3, -0.25) is 15.1 Å². The summed E-state index contributed by atoms with van der Waals surface area (Å²) in [7, 11) is 0. The van der Waals surface area contributed by atoms with E-state index in [2.05, 4.69) is 18.1 Å². The van der Waals surface area contributed by atoms with Crippen molar-refractivity contribution >= 4 is 11.6 Å². The number of rotatable bonds is 4. The van der Waals surface area contributed by atoms with Crippen molar-refractivity contribution < 1.29 is 15.1 Å². The molecule has 1 aromatic rings. The van der Waals surface area contributed by atoms with Crippen LogP contribution in [0.15, 0.2) is 43.2 Å². The Kier molecular flexibility index (Phi) is 8.97. The minimum absolute atomic E-state index is 0. The molecule has 2 heterocycles. The van der Waals surface area contributed by atoms with Gasteiger partial charge in [-0.2, -0.15) is 0 Å². The van der Waals surface area contributed by atoms with Crippen molar-refractivity contribution in [1.82, 2.24) is 4.90 Å². The van der Waals surface area contributed by atoms with Crippen LogP contribution in [0, 0.1) is 5.92 Å². The molecule has 0 radical (unpaired) electrons. The van der Waals surface area contributed by atoms with E-state index < -0.39 is 0 Å². The van der Waals surface area contributed by atoms with Gasteiger partial charge in [-0.1, -0.05) is 32.9 Å². The molecular formula is C25H38N2O3. The molecule has 1 aliphatic carbocycles. The molecule has 5 nitrogen and oxygen atoms in total. The minimum Gasteiger partial charge on any atom is -0.513 e. The first kappa shape index (κ1) is 24.0. The van der Waals surface area contributed by atoms with Gasteiger partial charge >= 0.3 is 0 Å². The summed E-state index contributed by atoms with van der Waals surface area (Å²) in [5.41, 5.74) is 2.73. The summed E-state index contributed by atoms with van der Waals surface area (Å²) in [6.45, 7) is 8.31. The SMILES string of the molecule is C.C=CCCC(=C)O.O=C(c1ccc2c(c1)CCN2O)N1CCCC2CCCC[C@H]21. The molecule has 2 fully saturated rings. The highest BCUT2D eigenvalue weighted by Crippen LogP contribution is 2.36. The third-order valence-corrected chi connectivity index (χ3v) is 6.34. The van der Waals surface area contributed by atoms with Crippen LogP contribution >= 0.6 is 0 Å². The molecule has 166 valence electrons. The van der Waals surface area contributed by atoms with Crippen molar-refractivity contribution in [2.45, 2.75) is 71.3 Å². The van der Waals surface area contributed by atoms with Crippen LogP contribution in [0.5, 0.6) is 0 Å². The van der Waals surface area contributed by atoms with Gasteiger partial charge in [0, 0.05) is 31.1 Å². The van der Waals surface area contributed by atoms with Crippen molar-refractivity contribution in [3.05, 3.63) is 54.3 Å². The van der Waals surface area contributed by atoms with E-state index in [1.54, 1.807) is 6.08 Å². The summed E-state index contributed by atoms with van der Waals surface area (Å²) in [5.74, 6) is 1.14. The maximum atomic E-state index is 13.0. The zero-order valence-electron chi connectivity index (χ0n) is 17.4. The van der Waals surface area contributed by atoms with Crippen LogP contribution in [-0.4, -0.2) is 40.3 Å². The number of allylic oxidation sites excluding steroid dienone is 2. The average molecular weight is 415 g/mol. The third kappa shape index (κ3) is 5.66. The summed E-state index contributed by atoms with van der Waals surface area (Å²) in [6, 6.07) is 6.21. The van der Waals surface area contributed by atoms with Gasteiger partial charge < -0.3 is 10.0 Å². The number of benzene rings is 1. The lowest BCUT2D eigenvalue weighted by Gasteiger charge is -2.44. The van der Waals surface area contributed by atoms with Crippen LogP contribution in [0.4, 0.5) is 5.69 Å². The van der Waals surface area contributed by atoms with Crippen LogP contribution in [0.1, 0.15) is 74.7 Å². The van der Waals surface area contributed by atoms with Gasteiger partial charge in [-0.05, 0) is 68.2 Å². The molecule has 3 aliphatic rings. The summed E-state index contributed by atoms with van der Waals surface area (Å²) in [6.07, 6.45) is 11.5. The quantitative estimate of drug-likeness (QED) is 0.476. The fourth-order valence-corrected chi connectivity index (χ4v) is 4.83. The molecule has 2 atom stereocenters. The predicted molar refractivity (Wildman–Crippen MR) is 123 cm³/mol. The number of aliphatic hydroxyl groups excluding tert-OH is 1. The highest BCUT2D eigenvalue weighted by Gasteiger charge is 2.36. The smallest absolute Gasteiger partial charge is 0.254 e. The first-order chi connectivity index (χ1) is 14.0. The molecule has 1 amide bonds. The number of hydrogen-bond donors (Lipinski definition) is 2. The Morgan fingerprint density at radius 2 is 1.90 bits per heavy atom. The lowest BCUT2D eigenvalue weighted by atomic mass is 9.78. The molecular weight excluding hydrogens is 376 g/mol. The van der Waals surface area contributed by atoms with E-state index in [0.29, 0.717) is 24.9 Å². The maximum absolute atomic E-state index is 13.0. The number of carbonyl (C=O) groups excluding carboxylic acids is 1. The lowest BCUT2D eigenvalue weighted by molar-refractivity contribution is 0.0390. The molecule has 1 unspecified atom stereocenters. The van der Waals surface area contributed by atoms with Gasteiger partial charge in [0.2, 0.25) is 0 Å². The number of likely N-dealkylation sites (tertiary alicyclic amines) is 1.